The average Bonchev–Trinajstić information content (AvgIpc) is 3.29. The summed E-state index contributed by atoms with van der Waals surface area (Å²) in [6.07, 6.45) is 14.0. The molecule has 2 unspecified atom stereocenters. The number of carbonyl (C=O) groups is 1. The molecule has 2 fully saturated rings. The van der Waals surface area contributed by atoms with Gasteiger partial charge >= 0.3 is 0 Å². The molecule has 0 radical (unpaired) electrons. The van der Waals surface area contributed by atoms with Gasteiger partial charge in [-0.25, -0.2) is 15.0 Å². The van der Waals surface area contributed by atoms with Gasteiger partial charge in [0.25, 0.3) is 0 Å². The molecule has 29 heavy (non-hydrogen) atoms. The number of carbonyl (C=O) groups excluding carboxylic acids is 1. The first kappa shape index (κ1) is 18.2. The predicted octanol–water partition coefficient (Wildman–Crippen LogP) is 3.68. The first-order valence-corrected chi connectivity index (χ1v) is 10.4. The first-order valence-electron chi connectivity index (χ1n) is 10.4. The van der Waals surface area contributed by atoms with Crippen molar-refractivity contribution in [3.05, 3.63) is 72.6 Å². The summed E-state index contributed by atoms with van der Waals surface area (Å²) < 4.78 is 1.74. The third-order valence-corrected chi connectivity index (χ3v) is 6.36. The number of aromatic nitrogens is 4. The van der Waals surface area contributed by atoms with E-state index in [0.29, 0.717) is 23.6 Å². The molecule has 148 valence electrons. The summed E-state index contributed by atoms with van der Waals surface area (Å²) in [5.41, 5.74) is 1.98. The van der Waals surface area contributed by atoms with E-state index in [2.05, 4.69) is 50.2 Å². The number of ketones is 1. The number of fused-ring (bicyclic) bond motifs is 2. The second kappa shape index (κ2) is 7.87. The van der Waals surface area contributed by atoms with Gasteiger partial charge in [-0.2, -0.15) is 0 Å². The molecule has 1 aromatic carbocycles. The third-order valence-electron chi connectivity index (χ3n) is 6.36. The molecule has 0 N–H and O–H groups in total. The summed E-state index contributed by atoms with van der Waals surface area (Å²) >= 11 is 0. The summed E-state index contributed by atoms with van der Waals surface area (Å²) in [5, 5.41) is 0. The van der Waals surface area contributed by atoms with Crippen LogP contribution in [-0.2, 0) is 6.54 Å². The van der Waals surface area contributed by atoms with Crippen LogP contribution in [0, 0.1) is 5.92 Å². The van der Waals surface area contributed by atoms with E-state index in [1.54, 1.807) is 35.7 Å². The van der Waals surface area contributed by atoms with Gasteiger partial charge in [0.15, 0.2) is 5.78 Å². The van der Waals surface area contributed by atoms with E-state index in [1.165, 1.54) is 24.8 Å². The lowest BCUT2D eigenvalue weighted by Gasteiger charge is -2.48. The van der Waals surface area contributed by atoms with Crippen LogP contribution in [-0.4, -0.2) is 42.3 Å². The molecule has 2 aliphatic heterocycles. The van der Waals surface area contributed by atoms with Crippen molar-refractivity contribution in [2.24, 2.45) is 5.92 Å². The monoisotopic (exact) mass is 387 g/mol. The summed E-state index contributed by atoms with van der Waals surface area (Å²) in [6.45, 7) is 0.986. The minimum Gasteiger partial charge on any atom is -0.294 e. The first-order chi connectivity index (χ1) is 14.3. The van der Waals surface area contributed by atoms with Crippen LogP contribution < -0.4 is 0 Å². The van der Waals surface area contributed by atoms with Crippen molar-refractivity contribution in [3.63, 3.8) is 0 Å². The predicted molar refractivity (Wildman–Crippen MR) is 110 cm³/mol. The Kier molecular flexibility index (Phi) is 4.94. The van der Waals surface area contributed by atoms with Crippen molar-refractivity contribution in [1.82, 2.24) is 24.4 Å². The highest BCUT2D eigenvalue weighted by Gasteiger charge is 2.40. The molecule has 6 nitrogen and oxygen atoms in total. The third kappa shape index (κ3) is 3.72. The molecule has 0 amide bonds. The molecule has 3 aromatic rings. The zero-order valence-corrected chi connectivity index (χ0v) is 16.4. The second-order valence-electron chi connectivity index (χ2n) is 8.17. The normalized spacial score (nSPS) is 24.3. The van der Waals surface area contributed by atoms with Gasteiger partial charge in [0.05, 0.1) is 5.56 Å². The molecular weight excluding hydrogens is 362 g/mol. The van der Waals surface area contributed by atoms with E-state index < -0.39 is 0 Å². The highest BCUT2D eigenvalue weighted by Crippen LogP contribution is 2.39. The second-order valence-corrected chi connectivity index (χ2v) is 8.17. The van der Waals surface area contributed by atoms with Crippen LogP contribution in [0.15, 0.2) is 61.4 Å². The highest BCUT2D eigenvalue weighted by atomic mass is 16.1. The molecule has 0 saturated carbocycles. The molecule has 0 aliphatic carbocycles. The lowest BCUT2D eigenvalue weighted by atomic mass is 9.75. The zero-order chi connectivity index (χ0) is 19.6. The van der Waals surface area contributed by atoms with Gasteiger partial charge in [0.1, 0.15) is 6.33 Å². The van der Waals surface area contributed by atoms with Gasteiger partial charge in [-0.15, -0.1) is 0 Å². The summed E-state index contributed by atoms with van der Waals surface area (Å²) in [6, 6.07) is 11.7. The number of hydrogen-bond donors (Lipinski definition) is 0. The Morgan fingerprint density at radius 2 is 1.76 bits per heavy atom. The Morgan fingerprint density at radius 3 is 2.41 bits per heavy atom. The number of piperidine rings is 2. The van der Waals surface area contributed by atoms with Gasteiger partial charge in [0, 0.05) is 49.3 Å². The van der Waals surface area contributed by atoms with Crippen LogP contribution in [0.1, 0.15) is 48.0 Å². The average molecular weight is 387 g/mol. The molecular formula is C23H25N5O. The maximum absolute atomic E-state index is 13.2. The molecule has 2 aliphatic rings. The Morgan fingerprint density at radius 1 is 1.03 bits per heavy atom. The van der Waals surface area contributed by atoms with Crippen LogP contribution in [0.2, 0.25) is 0 Å². The number of nitrogens with zero attached hydrogens (tertiary/aromatic N) is 5. The van der Waals surface area contributed by atoms with Crippen molar-refractivity contribution in [2.45, 2.75) is 50.7 Å². The van der Waals surface area contributed by atoms with E-state index in [9.17, 15) is 4.79 Å². The molecule has 2 aromatic heterocycles. The topological polar surface area (TPSA) is 63.9 Å². The van der Waals surface area contributed by atoms with Crippen LogP contribution in [0.5, 0.6) is 0 Å². The molecule has 2 saturated heterocycles. The number of benzene rings is 1. The zero-order valence-electron chi connectivity index (χ0n) is 16.4. The van der Waals surface area contributed by atoms with E-state index in [4.69, 9.17) is 0 Å². The van der Waals surface area contributed by atoms with Gasteiger partial charge in [0.2, 0.25) is 5.95 Å². The highest BCUT2D eigenvalue weighted by molar-refractivity contribution is 5.97. The van der Waals surface area contributed by atoms with Crippen molar-refractivity contribution in [2.75, 3.05) is 0 Å². The van der Waals surface area contributed by atoms with E-state index >= 15 is 0 Å². The van der Waals surface area contributed by atoms with Gasteiger partial charge < -0.3 is 0 Å². The van der Waals surface area contributed by atoms with Crippen LogP contribution in [0.4, 0.5) is 0 Å². The molecule has 5 rings (SSSR count). The van der Waals surface area contributed by atoms with Crippen molar-refractivity contribution >= 4 is 5.78 Å². The molecule has 2 bridgehead atoms. The van der Waals surface area contributed by atoms with Crippen molar-refractivity contribution in [1.29, 1.82) is 0 Å². The number of Topliss-reactive ketones (excluding diaryl/α,β-unsaturated/α-hetero) is 1. The van der Waals surface area contributed by atoms with Crippen LogP contribution in [0.3, 0.4) is 0 Å². The molecule has 4 heterocycles. The molecule has 6 heteroatoms. The smallest absolute Gasteiger partial charge is 0.234 e. The molecule has 0 spiro atoms. The van der Waals surface area contributed by atoms with E-state index in [-0.39, 0.29) is 11.7 Å². The SMILES string of the molecule is O=C(c1cnc(-n2ccnc2)nc1)C1CC2CCCC(C1)N2Cc1ccccc1. The summed E-state index contributed by atoms with van der Waals surface area (Å²) in [7, 11) is 0. The minimum absolute atomic E-state index is 0.0695. The maximum atomic E-state index is 13.2. The largest absolute Gasteiger partial charge is 0.294 e. The number of hydrogen-bond acceptors (Lipinski definition) is 5. The maximum Gasteiger partial charge on any atom is 0.234 e. The Balaban J connectivity index is 1.29. The number of rotatable bonds is 5. The minimum atomic E-state index is 0.0695. The fraction of sp³-hybridized carbons (Fsp3) is 0.391. The fourth-order valence-corrected chi connectivity index (χ4v) is 4.94. The van der Waals surface area contributed by atoms with Crippen LogP contribution in [0.25, 0.3) is 5.95 Å². The van der Waals surface area contributed by atoms with Gasteiger partial charge in [-0.3, -0.25) is 14.3 Å². The Hall–Kier alpha value is -2.86. The number of imidazole rings is 1. The standard InChI is InChI=1S/C23H25N5O/c29-22(19-13-25-23(26-14-19)27-10-9-24-16-27)18-11-20-7-4-8-21(12-18)28(20)15-17-5-2-1-3-6-17/h1-3,5-6,9-10,13-14,16,18,20-21H,4,7-8,11-12,15H2. The van der Waals surface area contributed by atoms with Crippen molar-refractivity contribution in [3.8, 4) is 5.95 Å². The van der Waals surface area contributed by atoms with Crippen LogP contribution >= 0.6 is 0 Å². The van der Waals surface area contributed by atoms with E-state index in [0.717, 1.165) is 19.4 Å². The van der Waals surface area contributed by atoms with Gasteiger partial charge in [-0.1, -0.05) is 36.8 Å². The fourth-order valence-electron chi connectivity index (χ4n) is 4.94. The summed E-state index contributed by atoms with van der Waals surface area (Å²) in [4.78, 5) is 28.5. The lowest BCUT2D eigenvalue weighted by molar-refractivity contribution is 0.00904. The Labute approximate surface area is 170 Å². The van der Waals surface area contributed by atoms with Gasteiger partial charge in [-0.05, 0) is 31.2 Å². The summed E-state index contributed by atoms with van der Waals surface area (Å²) in [5.74, 6) is 0.798. The van der Waals surface area contributed by atoms with E-state index in [1.807, 2.05) is 0 Å². The Bertz CT molecular complexity index is 941. The lowest BCUT2D eigenvalue weighted by Crippen LogP contribution is -2.52. The quantitative estimate of drug-likeness (QED) is 0.625. The molecule has 2 atom stereocenters. The van der Waals surface area contributed by atoms with Crippen molar-refractivity contribution < 1.29 is 4.79 Å².